The molecule has 0 saturated carbocycles. The zero-order valence-corrected chi connectivity index (χ0v) is 14.0. The minimum absolute atomic E-state index is 0.0320. The van der Waals surface area contributed by atoms with Crippen molar-refractivity contribution in [2.45, 2.75) is 26.0 Å². The third-order valence-electron chi connectivity index (χ3n) is 4.12. The predicted molar refractivity (Wildman–Crippen MR) is 89.6 cm³/mol. The van der Waals surface area contributed by atoms with Gasteiger partial charge in [-0.05, 0) is 36.1 Å². The smallest absolute Gasteiger partial charge is 0.410 e. The lowest BCUT2D eigenvalue weighted by molar-refractivity contribution is 0.0803. The maximum Gasteiger partial charge on any atom is 0.410 e. The summed E-state index contributed by atoms with van der Waals surface area (Å²) < 4.78 is 6.58. The van der Waals surface area contributed by atoms with Crippen LogP contribution in [0.2, 0.25) is 0 Å². The number of carbonyl (C=O) groups is 1. The number of hydrogen-bond donors (Lipinski definition) is 0. The fourth-order valence-corrected chi connectivity index (χ4v) is 3.46. The summed E-state index contributed by atoms with van der Waals surface area (Å²) >= 11 is 3.59. The van der Waals surface area contributed by atoms with Crippen LogP contribution in [0.1, 0.15) is 29.7 Å². The summed E-state index contributed by atoms with van der Waals surface area (Å²) in [6.45, 7) is 3.05. The molecule has 0 saturated heterocycles. The average molecular weight is 360 g/mol. The van der Waals surface area contributed by atoms with Gasteiger partial charge in [0.1, 0.15) is 6.61 Å². The summed E-state index contributed by atoms with van der Waals surface area (Å²) in [5.41, 5.74) is 3.49. The quantitative estimate of drug-likeness (QED) is 0.777. The van der Waals surface area contributed by atoms with E-state index in [9.17, 15) is 4.79 Å². The molecule has 3 rings (SSSR count). The molecule has 0 fully saturated rings. The maximum absolute atomic E-state index is 12.4. The number of nitrogens with zero attached hydrogens (tertiary/aromatic N) is 1. The molecule has 0 aliphatic carbocycles. The van der Waals surface area contributed by atoms with Crippen molar-refractivity contribution in [3.63, 3.8) is 0 Å². The summed E-state index contributed by atoms with van der Waals surface area (Å²) in [7, 11) is 0. The van der Waals surface area contributed by atoms with E-state index >= 15 is 0 Å². The second kappa shape index (κ2) is 6.53. The zero-order chi connectivity index (χ0) is 15.5. The number of fused-ring (bicyclic) bond motifs is 1. The molecule has 2 aromatic carbocycles. The van der Waals surface area contributed by atoms with E-state index in [1.807, 2.05) is 43.3 Å². The molecule has 1 aliphatic heterocycles. The first-order chi connectivity index (χ1) is 10.7. The van der Waals surface area contributed by atoms with Crippen molar-refractivity contribution in [2.24, 2.45) is 0 Å². The second-order valence-electron chi connectivity index (χ2n) is 5.47. The highest BCUT2D eigenvalue weighted by molar-refractivity contribution is 9.10. The van der Waals surface area contributed by atoms with Crippen molar-refractivity contribution >= 4 is 22.0 Å². The predicted octanol–water partition coefficient (Wildman–Crippen LogP) is 4.71. The Morgan fingerprint density at radius 3 is 2.77 bits per heavy atom. The Morgan fingerprint density at radius 1 is 1.23 bits per heavy atom. The first-order valence-corrected chi connectivity index (χ1v) is 8.20. The van der Waals surface area contributed by atoms with Gasteiger partial charge in [-0.25, -0.2) is 4.79 Å². The summed E-state index contributed by atoms with van der Waals surface area (Å²) in [6, 6.07) is 15.9. The first kappa shape index (κ1) is 15.1. The monoisotopic (exact) mass is 359 g/mol. The van der Waals surface area contributed by atoms with Crippen LogP contribution < -0.4 is 0 Å². The van der Waals surface area contributed by atoms with Crippen molar-refractivity contribution in [3.05, 3.63) is 69.7 Å². The van der Waals surface area contributed by atoms with Crippen LogP contribution in [-0.2, 0) is 17.8 Å². The molecule has 4 heteroatoms. The lowest BCUT2D eigenvalue weighted by atomic mass is 9.94. The molecule has 1 heterocycles. The molecule has 0 aromatic heterocycles. The van der Waals surface area contributed by atoms with Crippen molar-refractivity contribution in [3.8, 4) is 0 Å². The van der Waals surface area contributed by atoms with E-state index < -0.39 is 0 Å². The molecular formula is C18H18BrNO2. The molecule has 1 amide bonds. The van der Waals surface area contributed by atoms with Gasteiger partial charge in [0, 0.05) is 11.0 Å². The highest BCUT2D eigenvalue weighted by Gasteiger charge is 2.29. The Labute approximate surface area is 139 Å². The Hall–Kier alpha value is -1.81. The second-order valence-corrected chi connectivity index (χ2v) is 6.32. The molecule has 2 aromatic rings. The Morgan fingerprint density at radius 2 is 2.00 bits per heavy atom. The van der Waals surface area contributed by atoms with Crippen molar-refractivity contribution < 1.29 is 9.53 Å². The van der Waals surface area contributed by atoms with E-state index in [0.717, 1.165) is 16.5 Å². The van der Waals surface area contributed by atoms with E-state index in [1.165, 1.54) is 11.1 Å². The molecule has 1 unspecified atom stereocenters. The van der Waals surface area contributed by atoms with Gasteiger partial charge < -0.3 is 9.64 Å². The molecule has 0 spiro atoms. The van der Waals surface area contributed by atoms with E-state index in [0.29, 0.717) is 13.2 Å². The van der Waals surface area contributed by atoms with Crippen molar-refractivity contribution in [1.82, 2.24) is 4.90 Å². The molecule has 114 valence electrons. The van der Waals surface area contributed by atoms with Crippen LogP contribution in [0.4, 0.5) is 4.79 Å². The van der Waals surface area contributed by atoms with Gasteiger partial charge in [0.2, 0.25) is 0 Å². The summed E-state index contributed by atoms with van der Waals surface area (Å²) in [6.07, 6.45) is 0.601. The van der Waals surface area contributed by atoms with Gasteiger partial charge in [0.05, 0.1) is 6.04 Å². The van der Waals surface area contributed by atoms with E-state index in [-0.39, 0.29) is 12.1 Å². The molecule has 1 aliphatic rings. The minimum Gasteiger partial charge on any atom is -0.445 e. The highest BCUT2D eigenvalue weighted by Crippen LogP contribution is 2.33. The third kappa shape index (κ3) is 3.02. The molecule has 0 N–H and O–H groups in total. The summed E-state index contributed by atoms with van der Waals surface area (Å²) in [5.74, 6) is 0. The van der Waals surface area contributed by atoms with Gasteiger partial charge in [-0.3, -0.25) is 0 Å². The average Bonchev–Trinajstić information content (AvgIpc) is 2.55. The zero-order valence-electron chi connectivity index (χ0n) is 12.5. The van der Waals surface area contributed by atoms with E-state index in [4.69, 9.17) is 4.74 Å². The van der Waals surface area contributed by atoms with Crippen LogP contribution in [0.5, 0.6) is 0 Å². The van der Waals surface area contributed by atoms with Crippen LogP contribution in [0.25, 0.3) is 0 Å². The van der Waals surface area contributed by atoms with Gasteiger partial charge in [0.25, 0.3) is 0 Å². The van der Waals surface area contributed by atoms with Crippen LogP contribution in [0.15, 0.2) is 53.0 Å². The number of hydrogen-bond acceptors (Lipinski definition) is 2. The fourth-order valence-electron chi connectivity index (χ4n) is 2.88. The lowest BCUT2D eigenvalue weighted by Crippen LogP contribution is -2.39. The van der Waals surface area contributed by atoms with Crippen LogP contribution in [0, 0.1) is 0 Å². The van der Waals surface area contributed by atoms with Crippen molar-refractivity contribution in [2.75, 3.05) is 6.54 Å². The van der Waals surface area contributed by atoms with Gasteiger partial charge in [-0.15, -0.1) is 0 Å². The Balaban J connectivity index is 1.69. The maximum atomic E-state index is 12.4. The number of carbonyl (C=O) groups excluding carboxylic acids is 1. The summed E-state index contributed by atoms with van der Waals surface area (Å²) in [5, 5.41) is 0. The molecule has 3 nitrogen and oxygen atoms in total. The van der Waals surface area contributed by atoms with Gasteiger partial charge >= 0.3 is 6.09 Å². The normalized spacial score (nSPS) is 17.0. The lowest BCUT2D eigenvalue weighted by Gasteiger charge is -2.34. The molecule has 1 atom stereocenters. The topological polar surface area (TPSA) is 29.5 Å². The van der Waals surface area contributed by atoms with Crippen molar-refractivity contribution in [1.29, 1.82) is 0 Å². The minimum atomic E-state index is -0.248. The number of amides is 1. The largest absolute Gasteiger partial charge is 0.445 e. The Bertz CT molecular complexity index is 672. The van der Waals surface area contributed by atoms with Crippen LogP contribution in [-0.4, -0.2) is 17.5 Å². The van der Waals surface area contributed by atoms with E-state index in [1.54, 1.807) is 4.90 Å². The fraction of sp³-hybridized carbons (Fsp3) is 0.278. The van der Waals surface area contributed by atoms with Crippen LogP contribution >= 0.6 is 15.9 Å². The van der Waals surface area contributed by atoms with E-state index in [2.05, 4.69) is 28.1 Å². The molecule has 22 heavy (non-hydrogen) atoms. The Kier molecular flexibility index (Phi) is 4.48. The molecular weight excluding hydrogens is 342 g/mol. The third-order valence-corrected chi connectivity index (χ3v) is 4.86. The highest BCUT2D eigenvalue weighted by atomic mass is 79.9. The first-order valence-electron chi connectivity index (χ1n) is 7.41. The standard InChI is InChI=1S/C18H18BrNO2/c1-13-15-8-5-9-17(19)16(15)10-11-20(13)18(21)22-12-14-6-3-2-4-7-14/h2-9,13H,10-12H2,1H3. The number of halogens is 1. The van der Waals surface area contributed by atoms with Gasteiger partial charge in [-0.1, -0.05) is 58.4 Å². The van der Waals surface area contributed by atoms with Crippen LogP contribution in [0.3, 0.4) is 0 Å². The van der Waals surface area contributed by atoms with Gasteiger partial charge in [0.15, 0.2) is 0 Å². The number of ether oxygens (including phenoxy) is 1. The number of benzene rings is 2. The molecule has 0 radical (unpaired) electrons. The molecule has 0 bridgehead atoms. The number of rotatable bonds is 2. The van der Waals surface area contributed by atoms with Gasteiger partial charge in [-0.2, -0.15) is 0 Å². The summed E-state index contributed by atoms with van der Waals surface area (Å²) in [4.78, 5) is 14.2. The SMILES string of the molecule is CC1c2cccc(Br)c2CCN1C(=O)OCc1ccccc1.